The zero-order valence-corrected chi connectivity index (χ0v) is 13.8. The second kappa shape index (κ2) is 6.43. The standard InChI is InChI=1S/C14H13ClN2O5S/c1-9-3-5-11(8-13(9)17(18)19)23(20,21)16-12-7-10(15)4-6-14(12)22-2/h3-8,16H,1-2H3. The molecule has 2 rings (SSSR count). The molecule has 0 saturated heterocycles. The van der Waals surface area contributed by atoms with Crippen molar-refractivity contribution in [2.75, 3.05) is 11.8 Å². The Labute approximate surface area is 138 Å². The number of benzene rings is 2. The third kappa shape index (κ3) is 3.72. The number of nitro benzene ring substituents is 1. The number of sulfonamides is 1. The Morgan fingerprint density at radius 1 is 1.22 bits per heavy atom. The first kappa shape index (κ1) is 17.0. The number of halogens is 1. The van der Waals surface area contributed by atoms with E-state index in [1.807, 2.05) is 0 Å². The van der Waals surface area contributed by atoms with Crippen LogP contribution in [-0.4, -0.2) is 20.5 Å². The molecule has 0 radical (unpaired) electrons. The lowest BCUT2D eigenvalue weighted by Crippen LogP contribution is -2.14. The Morgan fingerprint density at radius 3 is 2.52 bits per heavy atom. The van der Waals surface area contributed by atoms with E-state index in [1.54, 1.807) is 6.07 Å². The zero-order chi connectivity index (χ0) is 17.2. The molecule has 0 aliphatic rings. The molecule has 0 saturated carbocycles. The van der Waals surface area contributed by atoms with Gasteiger partial charge in [-0.05, 0) is 31.2 Å². The maximum absolute atomic E-state index is 12.4. The van der Waals surface area contributed by atoms with Crippen LogP contribution in [0.15, 0.2) is 41.3 Å². The molecule has 0 spiro atoms. The fourth-order valence-electron chi connectivity index (χ4n) is 1.92. The van der Waals surface area contributed by atoms with Crippen molar-refractivity contribution in [2.45, 2.75) is 11.8 Å². The third-order valence-corrected chi connectivity index (χ3v) is 4.69. The maximum Gasteiger partial charge on any atom is 0.273 e. The molecule has 9 heteroatoms. The number of anilines is 1. The molecule has 7 nitrogen and oxygen atoms in total. The molecule has 2 aromatic rings. The van der Waals surface area contributed by atoms with Crippen molar-refractivity contribution in [1.82, 2.24) is 0 Å². The van der Waals surface area contributed by atoms with E-state index < -0.39 is 14.9 Å². The summed E-state index contributed by atoms with van der Waals surface area (Å²) in [6.45, 7) is 1.53. The summed E-state index contributed by atoms with van der Waals surface area (Å²) < 4.78 is 32.3. The highest BCUT2D eigenvalue weighted by molar-refractivity contribution is 7.92. The number of nitro groups is 1. The quantitative estimate of drug-likeness (QED) is 0.654. The van der Waals surface area contributed by atoms with Crippen LogP contribution in [0.4, 0.5) is 11.4 Å². The van der Waals surface area contributed by atoms with E-state index >= 15 is 0 Å². The van der Waals surface area contributed by atoms with Crippen molar-refractivity contribution in [3.8, 4) is 5.75 Å². The largest absolute Gasteiger partial charge is 0.495 e. The van der Waals surface area contributed by atoms with E-state index in [0.29, 0.717) is 10.6 Å². The molecule has 23 heavy (non-hydrogen) atoms. The van der Waals surface area contributed by atoms with Crippen LogP contribution in [0.3, 0.4) is 0 Å². The molecule has 0 bridgehead atoms. The minimum absolute atomic E-state index is 0.142. The molecule has 1 N–H and O–H groups in total. The fourth-order valence-corrected chi connectivity index (χ4v) is 3.17. The van der Waals surface area contributed by atoms with Gasteiger partial charge in [0.25, 0.3) is 15.7 Å². The molecule has 122 valence electrons. The van der Waals surface area contributed by atoms with Crippen LogP contribution in [0.1, 0.15) is 5.56 Å². The molecule has 0 aliphatic heterocycles. The van der Waals surface area contributed by atoms with Gasteiger partial charge in [-0.1, -0.05) is 17.7 Å². The van der Waals surface area contributed by atoms with Crippen LogP contribution >= 0.6 is 11.6 Å². The van der Waals surface area contributed by atoms with E-state index in [4.69, 9.17) is 16.3 Å². The second-order valence-electron chi connectivity index (χ2n) is 4.66. The van der Waals surface area contributed by atoms with E-state index in [1.165, 1.54) is 38.3 Å². The lowest BCUT2D eigenvalue weighted by Gasteiger charge is -2.12. The normalized spacial score (nSPS) is 11.1. The first-order valence-corrected chi connectivity index (χ1v) is 8.22. The van der Waals surface area contributed by atoms with Crippen LogP contribution in [0, 0.1) is 17.0 Å². The van der Waals surface area contributed by atoms with E-state index in [0.717, 1.165) is 6.07 Å². The molecule has 0 fully saturated rings. The average Bonchev–Trinajstić information content (AvgIpc) is 2.47. The van der Waals surface area contributed by atoms with Crippen LogP contribution in [0.2, 0.25) is 5.02 Å². The highest BCUT2D eigenvalue weighted by Gasteiger charge is 2.21. The van der Waals surface area contributed by atoms with Gasteiger partial charge in [-0.2, -0.15) is 0 Å². The van der Waals surface area contributed by atoms with Gasteiger partial charge in [0.2, 0.25) is 0 Å². The van der Waals surface area contributed by atoms with Gasteiger partial charge < -0.3 is 4.74 Å². The molecule has 0 aromatic heterocycles. The number of ether oxygens (including phenoxy) is 1. The highest BCUT2D eigenvalue weighted by atomic mass is 35.5. The number of aryl methyl sites for hydroxylation is 1. The van der Waals surface area contributed by atoms with Crippen molar-refractivity contribution in [3.05, 3.63) is 57.1 Å². The molecule has 0 unspecified atom stereocenters. The van der Waals surface area contributed by atoms with Gasteiger partial charge in [0, 0.05) is 16.7 Å². The van der Waals surface area contributed by atoms with E-state index in [-0.39, 0.29) is 22.0 Å². The Bertz CT molecular complexity index is 867. The fraction of sp³-hybridized carbons (Fsp3) is 0.143. The van der Waals surface area contributed by atoms with Crippen molar-refractivity contribution in [1.29, 1.82) is 0 Å². The van der Waals surface area contributed by atoms with E-state index in [2.05, 4.69) is 4.72 Å². The minimum atomic E-state index is -4.03. The average molecular weight is 357 g/mol. The Kier molecular flexibility index (Phi) is 4.76. The van der Waals surface area contributed by atoms with Crippen molar-refractivity contribution in [3.63, 3.8) is 0 Å². The number of hydrogen-bond donors (Lipinski definition) is 1. The third-order valence-electron chi connectivity index (χ3n) is 3.09. The molecule has 0 heterocycles. The molecule has 0 atom stereocenters. The zero-order valence-electron chi connectivity index (χ0n) is 12.2. The molecule has 0 aliphatic carbocycles. The summed E-state index contributed by atoms with van der Waals surface area (Å²) in [6.07, 6.45) is 0. The summed E-state index contributed by atoms with van der Waals surface area (Å²) in [4.78, 5) is 10.1. The first-order chi connectivity index (χ1) is 10.7. The number of nitrogens with zero attached hydrogens (tertiary/aromatic N) is 1. The van der Waals surface area contributed by atoms with Crippen LogP contribution < -0.4 is 9.46 Å². The Hall–Kier alpha value is -2.32. The molecular formula is C14H13ClN2O5S. The first-order valence-electron chi connectivity index (χ1n) is 6.36. The smallest absolute Gasteiger partial charge is 0.273 e. The van der Waals surface area contributed by atoms with Crippen molar-refractivity contribution >= 4 is 33.0 Å². The van der Waals surface area contributed by atoms with Crippen LogP contribution in [-0.2, 0) is 10.0 Å². The van der Waals surface area contributed by atoms with Gasteiger partial charge in [-0.25, -0.2) is 8.42 Å². The molecule has 0 amide bonds. The number of rotatable bonds is 5. The highest BCUT2D eigenvalue weighted by Crippen LogP contribution is 2.30. The van der Waals surface area contributed by atoms with Gasteiger partial charge in [0.05, 0.1) is 22.6 Å². The summed E-state index contributed by atoms with van der Waals surface area (Å²) in [5.41, 5.74) is 0.239. The topological polar surface area (TPSA) is 98.5 Å². The SMILES string of the molecule is COc1ccc(Cl)cc1NS(=O)(=O)c1ccc(C)c([N+](=O)[O-])c1. The van der Waals surface area contributed by atoms with Crippen LogP contribution in [0.25, 0.3) is 0 Å². The van der Waals surface area contributed by atoms with Crippen molar-refractivity contribution in [2.24, 2.45) is 0 Å². The second-order valence-corrected chi connectivity index (χ2v) is 6.77. The lowest BCUT2D eigenvalue weighted by atomic mass is 10.2. The van der Waals surface area contributed by atoms with E-state index in [9.17, 15) is 18.5 Å². The minimum Gasteiger partial charge on any atom is -0.495 e. The number of nitrogens with one attached hydrogen (secondary N) is 1. The van der Waals surface area contributed by atoms with Gasteiger partial charge in [0.15, 0.2) is 0 Å². The van der Waals surface area contributed by atoms with Gasteiger partial charge in [-0.15, -0.1) is 0 Å². The molecular weight excluding hydrogens is 344 g/mol. The monoisotopic (exact) mass is 356 g/mol. The van der Waals surface area contributed by atoms with Crippen molar-refractivity contribution < 1.29 is 18.1 Å². The Balaban J connectivity index is 2.46. The predicted octanol–water partition coefficient (Wildman–Crippen LogP) is 3.37. The number of hydrogen-bond acceptors (Lipinski definition) is 5. The summed E-state index contributed by atoms with van der Waals surface area (Å²) in [5.74, 6) is 0.277. The van der Waals surface area contributed by atoms with Gasteiger partial charge in [0.1, 0.15) is 5.75 Å². The maximum atomic E-state index is 12.4. The number of methoxy groups -OCH3 is 1. The summed E-state index contributed by atoms with van der Waals surface area (Å²) in [7, 11) is -2.64. The van der Waals surface area contributed by atoms with Gasteiger partial charge in [-0.3, -0.25) is 14.8 Å². The van der Waals surface area contributed by atoms with Gasteiger partial charge >= 0.3 is 0 Å². The summed E-state index contributed by atoms with van der Waals surface area (Å²) in [6, 6.07) is 8.13. The lowest BCUT2D eigenvalue weighted by molar-refractivity contribution is -0.385. The Morgan fingerprint density at radius 2 is 1.91 bits per heavy atom. The summed E-state index contributed by atoms with van der Waals surface area (Å²) in [5, 5.41) is 11.3. The molecule has 2 aromatic carbocycles. The van der Waals surface area contributed by atoms with Crippen LogP contribution in [0.5, 0.6) is 5.75 Å². The summed E-state index contributed by atoms with van der Waals surface area (Å²) >= 11 is 5.86. The predicted molar refractivity (Wildman–Crippen MR) is 86.6 cm³/mol.